The van der Waals surface area contributed by atoms with Gasteiger partial charge in [-0.3, -0.25) is 4.99 Å². The zero-order valence-electron chi connectivity index (χ0n) is 15.3. The number of halogens is 3. The van der Waals surface area contributed by atoms with Crippen LogP contribution in [0.25, 0.3) is 0 Å². The maximum absolute atomic E-state index is 12.7. The molecule has 27 heavy (non-hydrogen) atoms. The third kappa shape index (κ3) is 7.64. The standard InChI is InChI=1S/C18H26F3N3O3/c1-2-22-17(24-11-16-7-4-8-26-16)23-10-14(25)12-27-15-6-3-5-13(9-15)18(19,20)21/h3,5-6,9,14,16,25H,2,4,7-8,10-12H2,1H3,(H2,22,23,24). The Morgan fingerprint density at radius 3 is 2.89 bits per heavy atom. The number of hydrogen-bond donors (Lipinski definition) is 3. The molecule has 1 saturated heterocycles. The zero-order valence-corrected chi connectivity index (χ0v) is 15.3. The molecule has 1 fully saturated rings. The van der Waals surface area contributed by atoms with Crippen LogP contribution < -0.4 is 15.4 Å². The molecule has 0 spiro atoms. The number of aliphatic hydroxyl groups is 1. The summed E-state index contributed by atoms with van der Waals surface area (Å²) in [5.74, 6) is 0.599. The van der Waals surface area contributed by atoms with Gasteiger partial charge in [-0.05, 0) is 38.0 Å². The Morgan fingerprint density at radius 2 is 2.22 bits per heavy atom. The number of ether oxygens (including phenoxy) is 2. The summed E-state index contributed by atoms with van der Waals surface area (Å²) < 4.78 is 48.9. The molecule has 0 saturated carbocycles. The Balaban J connectivity index is 1.80. The summed E-state index contributed by atoms with van der Waals surface area (Å²) in [6.07, 6.45) is -3.18. The van der Waals surface area contributed by atoms with Crippen molar-refractivity contribution >= 4 is 5.96 Å². The minimum Gasteiger partial charge on any atom is -0.491 e. The molecule has 2 rings (SSSR count). The fourth-order valence-corrected chi connectivity index (χ4v) is 2.56. The van der Waals surface area contributed by atoms with E-state index in [0.717, 1.165) is 31.6 Å². The smallest absolute Gasteiger partial charge is 0.416 e. The Kier molecular flexibility index (Phi) is 8.18. The lowest BCUT2D eigenvalue weighted by molar-refractivity contribution is -0.137. The molecule has 6 nitrogen and oxygen atoms in total. The van der Waals surface area contributed by atoms with E-state index in [1.165, 1.54) is 12.1 Å². The average molecular weight is 389 g/mol. The summed E-state index contributed by atoms with van der Waals surface area (Å²) in [5.41, 5.74) is -0.791. The van der Waals surface area contributed by atoms with Crippen molar-refractivity contribution in [3.05, 3.63) is 29.8 Å². The number of hydrogen-bond acceptors (Lipinski definition) is 4. The number of benzene rings is 1. The summed E-state index contributed by atoms with van der Waals surface area (Å²) in [6.45, 7) is 3.88. The van der Waals surface area contributed by atoms with E-state index in [1.54, 1.807) is 0 Å². The monoisotopic (exact) mass is 389 g/mol. The van der Waals surface area contributed by atoms with Gasteiger partial charge in [-0.15, -0.1) is 0 Å². The third-order valence-corrected chi connectivity index (χ3v) is 3.93. The van der Waals surface area contributed by atoms with Crippen LogP contribution in [0, 0.1) is 0 Å². The highest BCUT2D eigenvalue weighted by atomic mass is 19.4. The number of alkyl halides is 3. The van der Waals surface area contributed by atoms with Crippen molar-refractivity contribution in [1.29, 1.82) is 0 Å². The Bertz CT molecular complexity index is 605. The lowest BCUT2D eigenvalue weighted by Crippen LogP contribution is -2.41. The number of guanidine groups is 1. The van der Waals surface area contributed by atoms with Gasteiger partial charge in [0.05, 0.1) is 18.2 Å². The summed E-state index contributed by atoms with van der Waals surface area (Å²) in [5, 5.41) is 16.2. The van der Waals surface area contributed by atoms with Crippen LogP contribution >= 0.6 is 0 Å². The van der Waals surface area contributed by atoms with E-state index in [4.69, 9.17) is 9.47 Å². The van der Waals surface area contributed by atoms with Gasteiger partial charge in [-0.2, -0.15) is 13.2 Å². The minimum atomic E-state index is -4.43. The molecule has 3 N–H and O–H groups in total. The predicted octanol–water partition coefficient (Wildman–Crippen LogP) is 2.18. The van der Waals surface area contributed by atoms with E-state index >= 15 is 0 Å². The van der Waals surface area contributed by atoms with Gasteiger partial charge in [0, 0.05) is 19.7 Å². The van der Waals surface area contributed by atoms with Crippen LogP contribution in [0.5, 0.6) is 5.75 Å². The van der Waals surface area contributed by atoms with Gasteiger partial charge >= 0.3 is 6.18 Å². The molecule has 9 heteroatoms. The second-order valence-electron chi connectivity index (χ2n) is 6.23. The molecule has 2 atom stereocenters. The second-order valence-corrected chi connectivity index (χ2v) is 6.23. The van der Waals surface area contributed by atoms with Gasteiger partial charge in [0.1, 0.15) is 18.5 Å². The number of rotatable bonds is 8. The van der Waals surface area contributed by atoms with Crippen LogP contribution in [-0.2, 0) is 10.9 Å². The van der Waals surface area contributed by atoms with Gasteiger partial charge in [-0.25, -0.2) is 0 Å². The molecular weight excluding hydrogens is 363 g/mol. The Hall–Kier alpha value is -2.00. The number of aliphatic hydroxyl groups excluding tert-OH is 1. The van der Waals surface area contributed by atoms with E-state index in [9.17, 15) is 18.3 Å². The zero-order chi connectivity index (χ0) is 19.7. The topological polar surface area (TPSA) is 75.1 Å². The Labute approximate surface area is 156 Å². The van der Waals surface area contributed by atoms with E-state index in [2.05, 4.69) is 15.6 Å². The molecule has 152 valence electrons. The Morgan fingerprint density at radius 1 is 1.41 bits per heavy atom. The number of nitrogens with one attached hydrogen (secondary N) is 2. The first-order valence-corrected chi connectivity index (χ1v) is 9.00. The van der Waals surface area contributed by atoms with Crippen molar-refractivity contribution in [2.24, 2.45) is 4.99 Å². The maximum Gasteiger partial charge on any atom is 0.416 e. The number of nitrogens with zero attached hydrogens (tertiary/aromatic N) is 1. The van der Waals surface area contributed by atoms with Crippen molar-refractivity contribution < 1.29 is 27.8 Å². The van der Waals surface area contributed by atoms with Gasteiger partial charge in [-0.1, -0.05) is 6.07 Å². The largest absolute Gasteiger partial charge is 0.491 e. The molecule has 0 bridgehead atoms. The summed E-state index contributed by atoms with van der Waals surface area (Å²) in [6, 6.07) is 4.55. The van der Waals surface area contributed by atoms with Gasteiger partial charge < -0.3 is 25.2 Å². The number of aliphatic imine (C=N–C) groups is 1. The first kappa shape index (κ1) is 21.3. The second kappa shape index (κ2) is 10.4. The highest BCUT2D eigenvalue weighted by Gasteiger charge is 2.30. The lowest BCUT2D eigenvalue weighted by atomic mass is 10.2. The first-order valence-electron chi connectivity index (χ1n) is 9.00. The van der Waals surface area contributed by atoms with E-state index in [-0.39, 0.29) is 25.0 Å². The third-order valence-electron chi connectivity index (χ3n) is 3.93. The molecule has 1 aromatic carbocycles. The molecule has 1 aliphatic heterocycles. The predicted molar refractivity (Wildman–Crippen MR) is 95.9 cm³/mol. The molecule has 1 aromatic rings. The van der Waals surface area contributed by atoms with E-state index < -0.39 is 17.8 Å². The molecule has 0 aliphatic carbocycles. The normalized spacial score (nSPS) is 19.0. The SMILES string of the molecule is CCNC(=NCC(O)COc1cccc(C(F)(F)F)c1)NCC1CCCO1. The summed E-state index contributed by atoms with van der Waals surface area (Å²) >= 11 is 0. The van der Waals surface area contributed by atoms with E-state index in [0.29, 0.717) is 19.0 Å². The highest BCUT2D eigenvalue weighted by molar-refractivity contribution is 5.79. The van der Waals surface area contributed by atoms with Crippen molar-refractivity contribution in [2.75, 3.05) is 32.8 Å². The summed E-state index contributed by atoms with van der Waals surface area (Å²) in [7, 11) is 0. The maximum atomic E-state index is 12.7. The lowest BCUT2D eigenvalue weighted by Gasteiger charge is -2.16. The van der Waals surface area contributed by atoms with Gasteiger partial charge in [0.25, 0.3) is 0 Å². The van der Waals surface area contributed by atoms with E-state index in [1.807, 2.05) is 6.92 Å². The van der Waals surface area contributed by atoms with Crippen molar-refractivity contribution in [1.82, 2.24) is 10.6 Å². The van der Waals surface area contributed by atoms with Crippen molar-refractivity contribution in [3.63, 3.8) is 0 Å². The fraction of sp³-hybridized carbons (Fsp3) is 0.611. The minimum absolute atomic E-state index is 0.0521. The van der Waals surface area contributed by atoms with Gasteiger partial charge in [0.15, 0.2) is 5.96 Å². The van der Waals surface area contributed by atoms with Crippen LogP contribution in [-0.4, -0.2) is 56.1 Å². The van der Waals surface area contributed by atoms with Gasteiger partial charge in [0.2, 0.25) is 0 Å². The first-order chi connectivity index (χ1) is 12.9. The fourth-order valence-electron chi connectivity index (χ4n) is 2.56. The molecule has 1 aliphatic rings. The van der Waals surface area contributed by atoms with Crippen LogP contribution in [0.2, 0.25) is 0 Å². The molecule has 0 aromatic heterocycles. The van der Waals surface area contributed by atoms with Crippen LogP contribution in [0.1, 0.15) is 25.3 Å². The summed E-state index contributed by atoms with van der Waals surface area (Å²) in [4.78, 5) is 4.27. The van der Waals surface area contributed by atoms with Crippen molar-refractivity contribution in [2.45, 2.75) is 38.1 Å². The average Bonchev–Trinajstić information content (AvgIpc) is 3.15. The molecule has 1 heterocycles. The highest BCUT2D eigenvalue weighted by Crippen LogP contribution is 2.31. The van der Waals surface area contributed by atoms with Crippen LogP contribution in [0.4, 0.5) is 13.2 Å². The molecule has 0 radical (unpaired) electrons. The molecule has 2 unspecified atom stereocenters. The molecule has 0 amide bonds. The van der Waals surface area contributed by atoms with Crippen LogP contribution in [0.3, 0.4) is 0 Å². The molecular formula is C18H26F3N3O3. The quantitative estimate of drug-likeness (QED) is 0.469. The van der Waals surface area contributed by atoms with Crippen molar-refractivity contribution in [3.8, 4) is 5.75 Å². The van der Waals surface area contributed by atoms with Crippen LogP contribution in [0.15, 0.2) is 29.3 Å².